The second-order valence-electron chi connectivity index (χ2n) is 14.4. The smallest absolute Gasteiger partial charge is 0.164 e. The van der Waals surface area contributed by atoms with E-state index in [2.05, 4.69) is 137 Å². The van der Waals surface area contributed by atoms with Crippen LogP contribution in [0.3, 0.4) is 0 Å². The van der Waals surface area contributed by atoms with Gasteiger partial charge in [-0.2, -0.15) is 0 Å². The molecular weight excluding hydrogens is 715 g/mol. The quantitative estimate of drug-likeness (QED) is 0.176. The normalized spacial score (nSPS) is 11.9. The molecule has 0 saturated heterocycles. The Kier molecular flexibility index (Phi) is 7.03. The third-order valence-corrected chi connectivity index (χ3v) is 12.4. The molecule has 4 aromatic heterocycles. The van der Waals surface area contributed by atoms with E-state index < -0.39 is 0 Å². The monoisotopic (exact) mass is 745 g/mol. The van der Waals surface area contributed by atoms with Gasteiger partial charge in [0.1, 0.15) is 0 Å². The molecule has 0 saturated carbocycles. The molecule has 0 fully saturated rings. The van der Waals surface area contributed by atoms with Gasteiger partial charge in [-0.3, -0.25) is 0 Å². The molecule has 0 N–H and O–H groups in total. The van der Waals surface area contributed by atoms with Crippen LogP contribution in [0.2, 0.25) is 0 Å². The van der Waals surface area contributed by atoms with Gasteiger partial charge in [-0.25, -0.2) is 15.0 Å². The van der Waals surface area contributed by atoms with Crippen molar-refractivity contribution in [3.8, 4) is 45.5 Å². The van der Waals surface area contributed by atoms with Crippen LogP contribution in [-0.2, 0) is 0 Å². The number of hydrogen-bond donors (Lipinski definition) is 0. The van der Waals surface area contributed by atoms with E-state index >= 15 is 0 Å². The largest absolute Gasteiger partial charge is 0.309 e. The molecule has 5 nitrogen and oxygen atoms in total. The molecule has 0 aliphatic carbocycles. The van der Waals surface area contributed by atoms with Crippen molar-refractivity contribution in [1.82, 2.24) is 24.1 Å². The molecule has 0 atom stereocenters. The SMILES string of the molecule is c1ccc(-c2nc(-c3ccccc3)nc(-c3cccc(-n4c5ccccc5c5c4ccc4c6ccccc6n(-c6cccc7c6sc6ccccc67)c45)c3)n2)cc1. The molecule has 57 heavy (non-hydrogen) atoms. The molecule has 0 aliphatic heterocycles. The summed E-state index contributed by atoms with van der Waals surface area (Å²) in [7, 11) is 0. The van der Waals surface area contributed by atoms with E-state index in [0.29, 0.717) is 17.5 Å². The van der Waals surface area contributed by atoms with Gasteiger partial charge >= 0.3 is 0 Å². The Bertz CT molecular complexity index is 3470. The number of aromatic nitrogens is 5. The van der Waals surface area contributed by atoms with E-state index in [1.165, 1.54) is 58.4 Å². The molecule has 0 amide bonds. The Morgan fingerprint density at radius 3 is 1.67 bits per heavy atom. The Morgan fingerprint density at radius 2 is 0.930 bits per heavy atom. The second kappa shape index (κ2) is 12.6. The van der Waals surface area contributed by atoms with E-state index in [-0.39, 0.29) is 0 Å². The van der Waals surface area contributed by atoms with Gasteiger partial charge in [0.05, 0.1) is 32.5 Å². The van der Waals surface area contributed by atoms with Gasteiger partial charge in [-0.15, -0.1) is 11.3 Å². The van der Waals surface area contributed by atoms with Gasteiger partial charge in [-0.05, 0) is 42.5 Å². The van der Waals surface area contributed by atoms with Gasteiger partial charge in [0, 0.05) is 59.4 Å². The molecule has 0 bridgehead atoms. The van der Waals surface area contributed by atoms with E-state index in [4.69, 9.17) is 15.0 Å². The van der Waals surface area contributed by atoms with Crippen LogP contribution >= 0.6 is 11.3 Å². The highest BCUT2D eigenvalue weighted by atomic mass is 32.1. The maximum absolute atomic E-state index is 5.06. The van der Waals surface area contributed by atoms with Gasteiger partial charge < -0.3 is 9.13 Å². The summed E-state index contributed by atoms with van der Waals surface area (Å²) in [6.07, 6.45) is 0. The van der Waals surface area contributed by atoms with Crippen molar-refractivity contribution < 1.29 is 0 Å². The molecule has 0 radical (unpaired) electrons. The number of rotatable bonds is 5. The third kappa shape index (κ3) is 4.91. The summed E-state index contributed by atoms with van der Waals surface area (Å²) in [5.41, 5.74) is 9.73. The Morgan fingerprint density at radius 1 is 0.368 bits per heavy atom. The van der Waals surface area contributed by atoms with Gasteiger partial charge in [-0.1, -0.05) is 146 Å². The lowest BCUT2D eigenvalue weighted by atomic mass is 10.1. The summed E-state index contributed by atoms with van der Waals surface area (Å²) >= 11 is 1.87. The van der Waals surface area contributed by atoms with E-state index in [1.807, 2.05) is 72.0 Å². The highest BCUT2D eigenvalue weighted by Gasteiger charge is 2.23. The van der Waals surface area contributed by atoms with Crippen LogP contribution in [0.25, 0.3) is 109 Å². The molecule has 6 heteroatoms. The average molecular weight is 746 g/mol. The lowest BCUT2D eigenvalue weighted by Crippen LogP contribution is -2.01. The fourth-order valence-electron chi connectivity index (χ4n) is 8.67. The van der Waals surface area contributed by atoms with Crippen LogP contribution in [0.5, 0.6) is 0 Å². The van der Waals surface area contributed by atoms with Crippen LogP contribution in [-0.4, -0.2) is 24.1 Å². The number of nitrogens with zero attached hydrogens (tertiary/aromatic N) is 5. The third-order valence-electron chi connectivity index (χ3n) is 11.2. The summed E-state index contributed by atoms with van der Waals surface area (Å²) in [5.74, 6) is 1.92. The Labute approximate surface area is 331 Å². The fraction of sp³-hybridized carbons (Fsp3) is 0. The lowest BCUT2D eigenvalue weighted by molar-refractivity contribution is 1.07. The zero-order valence-corrected chi connectivity index (χ0v) is 31.4. The fourth-order valence-corrected chi connectivity index (χ4v) is 9.87. The molecule has 12 rings (SSSR count). The van der Waals surface area contributed by atoms with Crippen molar-refractivity contribution in [2.24, 2.45) is 0 Å². The van der Waals surface area contributed by atoms with E-state index in [0.717, 1.165) is 33.4 Å². The predicted molar refractivity (Wildman–Crippen MR) is 238 cm³/mol. The van der Waals surface area contributed by atoms with Crippen molar-refractivity contribution in [3.63, 3.8) is 0 Å². The zero-order valence-electron chi connectivity index (χ0n) is 30.5. The van der Waals surface area contributed by atoms with Crippen LogP contribution in [0.1, 0.15) is 0 Å². The summed E-state index contributed by atoms with van der Waals surface area (Å²) < 4.78 is 7.50. The highest BCUT2D eigenvalue weighted by molar-refractivity contribution is 7.26. The zero-order chi connectivity index (χ0) is 37.5. The standard InChI is InChI=1S/C51H31N5S/c1-3-15-32(16-4-1)49-52-50(33-17-5-2-6-18-33)54-51(53-49)34-19-13-20-35(31-34)55-42-26-11-8-23-40(42)46-43(55)30-29-38-36-21-7-10-25-41(36)56(47(38)46)44-27-14-24-39-37-22-9-12-28-45(37)57-48(39)44/h1-31H. The minimum absolute atomic E-state index is 0.629. The average Bonchev–Trinajstić information content (AvgIpc) is 3.95. The van der Waals surface area contributed by atoms with Crippen LogP contribution in [0.15, 0.2) is 188 Å². The van der Waals surface area contributed by atoms with Gasteiger partial charge in [0.25, 0.3) is 0 Å². The van der Waals surface area contributed by atoms with Crippen molar-refractivity contribution >= 4 is 75.1 Å². The maximum Gasteiger partial charge on any atom is 0.164 e. The molecule has 0 aliphatic rings. The number of fused-ring (bicyclic) bond motifs is 10. The van der Waals surface area contributed by atoms with Crippen molar-refractivity contribution in [3.05, 3.63) is 188 Å². The summed E-state index contributed by atoms with van der Waals surface area (Å²) in [6, 6.07) is 66.6. The molecule has 0 spiro atoms. The Balaban J connectivity index is 1.12. The topological polar surface area (TPSA) is 48.5 Å². The molecule has 266 valence electrons. The van der Waals surface area contributed by atoms with Crippen molar-refractivity contribution in [2.45, 2.75) is 0 Å². The molecule has 8 aromatic carbocycles. The molecule has 4 heterocycles. The first-order valence-electron chi connectivity index (χ1n) is 19.1. The predicted octanol–water partition coefficient (Wildman–Crippen LogP) is 13.4. The maximum atomic E-state index is 5.06. The number of benzene rings is 8. The molecular formula is C51H31N5S. The van der Waals surface area contributed by atoms with Gasteiger partial charge in [0.15, 0.2) is 17.5 Å². The number of hydrogen-bond acceptors (Lipinski definition) is 4. The first-order valence-corrected chi connectivity index (χ1v) is 19.9. The molecule has 12 aromatic rings. The minimum Gasteiger partial charge on any atom is -0.309 e. The van der Waals surface area contributed by atoms with Crippen molar-refractivity contribution in [1.29, 1.82) is 0 Å². The van der Waals surface area contributed by atoms with Gasteiger partial charge in [0.2, 0.25) is 0 Å². The number of thiophene rings is 1. The summed E-state index contributed by atoms with van der Waals surface area (Å²) in [5, 5.41) is 7.49. The number of para-hydroxylation sites is 2. The Hall–Kier alpha value is -7.41. The van der Waals surface area contributed by atoms with Crippen molar-refractivity contribution in [2.75, 3.05) is 0 Å². The van der Waals surface area contributed by atoms with Crippen LogP contribution in [0, 0.1) is 0 Å². The first-order chi connectivity index (χ1) is 28.3. The van der Waals surface area contributed by atoms with E-state index in [1.54, 1.807) is 0 Å². The summed E-state index contributed by atoms with van der Waals surface area (Å²) in [6.45, 7) is 0. The molecule has 0 unspecified atom stereocenters. The second-order valence-corrected chi connectivity index (χ2v) is 15.5. The van der Waals surface area contributed by atoms with Crippen LogP contribution < -0.4 is 0 Å². The minimum atomic E-state index is 0.629. The highest BCUT2D eigenvalue weighted by Crippen LogP contribution is 2.45. The summed E-state index contributed by atoms with van der Waals surface area (Å²) in [4.78, 5) is 15.1. The van der Waals surface area contributed by atoms with E-state index in [9.17, 15) is 0 Å². The first kappa shape index (κ1) is 31.9. The van der Waals surface area contributed by atoms with Crippen LogP contribution in [0.4, 0.5) is 0 Å². The lowest BCUT2D eigenvalue weighted by Gasteiger charge is -2.12.